The molecule has 1 atom stereocenters. The summed E-state index contributed by atoms with van der Waals surface area (Å²) < 4.78 is 0. The lowest BCUT2D eigenvalue weighted by Crippen LogP contribution is -3.14. The number of amides is 2. The molecular formula is C20H24Cl2N3O2+. The second-order valence-corrected chi connectivity index (χ2v) is 7.24. The molecule has 2 aromatic carbocycles. The highest BCUT2D eigenvalue weighted by Gasteiger charge is 2.17. The van der Waals surface area contributed by atoms with Crippen LogP contribution in [0.3, 0.4) is 0 Å². The van der Waals surface area contributed by atoms with E-state index in [4.69, 9.17) is 23.2 Å². The van der Waals surface area contributed by atoms with Crippen molar-refractivity contribution in [2.75, 3.05) is 25.0 Å². The van der Waals surface area contributed by atoms with Crippen LogP contribution in [-0.2, 0) is 16.1 Å². The van der Waals surface area contributed by atoms with Gasteiger partial charge in [-0.2, -0.15) is 0 Å². The van der Waals surface area contributed by atoms with Gasteiger partial charge in [-0.05, 0) is 49.2 Å². The molecule has 144 valence electrons. The molecule has 0 aliphatic carbocycles. The van der Waals surface area contributed by atoms with E-state index in [1.54, 1.807) is 24.3 Å². The van der Waals surface area contributed by atoms with E-state index in [-0.39, 0.29) is 24.9 Å². The molecule has 2 amide bonds. The Hall–Kier alpha value is -2.08. The molecule has 7 heteroatoms. The lowest BCUT2D eigenvalue weighted by atomic mass is 10.2. The Labute approximate surface area is 169 Å². The van der Waals surface area contributed by atoms with Crippen LogP contribution in [0.15, 0.2) is 42.5 Å². The molecule has 0 heterocycles. The second kappa shape index (κ2) is 10.3. The standard InChI is InChI=1S/C20H23Cl2N3O2/c1-3-25(12-19(26)23-11-15-5-8-16(21)9-6-15)13-20(27)24-18-10-17(22)7-4-14(18)2/h4-10H,3,11-13H2,1-2H3,(H,23,26)(H,24,27)/p+1. The number of aryl methyl sites for hydroxylation is 1. The van der Waals surface area contributed by atoms with Crippen molar-refractivity contribution in [2.45, 2.75) is 20.4 Å². The number of anilines is 1. The van der Waals surface area contributed by atoms with Crippen molar-refractivity contribution in [3.8, 4) is 0 Å². The van der Waals surface area contributed by atoms with Crippen molar-refractivity contribution in [2.24, 2.45) is 0 Å². The molecule has 2 aromatic rings. The molecule has 0 fully saturated rings. The van der Waals surface area contributed by atoms with Crippen LogP contribution in [0.2, 0.25) is 10.0 Å². The highest BCUT2D eigenvalue weighted by molar-refractivity contribution is 6.31. The van der Waals surface area contributed by atoms with Gasteiger partial charge >= 0.3 is 0 Å². The summed E-state index contributed by atoms with van der Waals surface area (Å²) in [5.41, 5.74) is 2.60. The van der Waals surface area contributed by atoms with Crippen LogP contribution in [0, 0.1) is 6.92 Å². The van der Waals surface area contributed by atoms with E-state index in [1.165, 1.54) is 0 Å². The zero-order valence-electron chi connectivity index (χ0n) is 15.4. The first kappa shape index (κ1) is 21.2. The fraction of sp³-hybridized carbons (Fsp3) is 0.300. The number of carbonyl (C=O) groups excluding carboxylic acids is 2. The molecule has 0 radical (unpaired) electrons. The fourth-order valence-corrected chi connectivity index (χ4v) is 2.85. The van der Waals surface area contributed by atoms with Gasteiger partial charge in [-0.15, -0.1) is 0 Å². The van der Waals surface area contributed by atoms with Crippen molar-refractivity contribution in [3.63, 3.8) is 0 Å². The number of benzene rings is 2. The molecule has 0 aliphatic rings. The van der Waals surface area contributed by atoms with Crippen LogP contribution in [-0.4, -0.2) is 31.4 Å². The molecule has 2 rings (SSSR count). The average molecular weight is 409 g/mol. The molecule has 0 saturated carbocycles. The van der Waals surface area contributed by atoms with Gasteiger partial charge in [0.1, 0.15) is 0 Å². The Morgan fingerprint density at radius 3 is 2.26 bits per heavy atom. The molecule has 27 heavy (non-hydrogen) atoms. The van der Waals surface area contributed by atoms with E-state index >= 15 is 0 Å². The van der Waals surface area contributed by atoms with Gasteiger partial charge in [-0.1, -0.05) is 41.4 Å². The molecule has 0 bridgehead atoms. The summed E-state index contributed by atoms with van der Waals surface area (Å²) in [4.78, 5) is 25.4. The summed E-state index contributed by atoms with van der Waals surface area (Å²) in [5.74, 6) is -0.253. The summed E-state index contributed by atoms with van der Waals surface area (Å²) in [6.07, 6.45) is 0. The first-order chi connectivity index (χ1) is 12.9. The number of halogens is 2. The van der Waals surface area contributed by atoms with E-state index < -0.39 is 0 Å². The van der Waals surface area contributed by atoms with Gasteiger partial charge in [-0.3, -0.25) is 9.59 Å². The van der Waals surface area contributed by atoms with Crippen molar-refractivity contribution in [3.05, 3.63) is 63.6 Å². The highest BCUT2D eigenvalue weighted by atomic mass is 35.5. The maximum absolute atomic E-state index is 12.3. The Morgan fingerprint density at radius 2 is 1.59 bits per heavy atom. The molecule has 3 N–H and O–H groups in total. The largest absolute Gasteiger partial charge is 0.347 e. The minimum Gasteiger partial charge on any atom is -0.347 e. The van der Waals surface area contributed by atoms with Crippen molar-refractivity contribution in [1.82, 2.24) is 5.32 Å². The van der Waals surface area contributed by atoms with Crippen LogP contribution >= 0.6 is 23.2 Å². The molecule has 0 saturated heterocycles. The molecule has 0 aromatic heterocycles. The van der Waals surface area contributed by atoms with E-state index in [0.717, 1.165) is 16.0 Å². The van der Waals surface area contributed by atoms with Crippen molar-refractivity contribution >= 4 is 40.7 Å². The first-order valence-electron chi connectivity index (χ1n) is 8.78. The topological polar surface area (TPSA) is 62.6 Å². The van der Waals surface area contributed by atoms with E-state index in [9.17, 15) is 9.59 Å². The van der Waals surface area contributed by atoms with Gasteiger partial charge in [-0.25, -0.2) is 0 Å². The smallest absolute Gasteiger partial charge is 0.279 e. The van der Waals surface area contributed by atoms with Crippen molar-refractivity contribution in [1.29, 1.82) is 0 Å². The van der Waals surface area contributed by atoms with Gasteiger partial charge in [0.25, 0.3) is 11.8 Å². The lowest BCUT2D eigenvalue weighted by molar-refractivity contribution is -0.881. The van der Waals surface area contributed by atoms with Gasteiger partial charge in [0.15, 0.2) is 13.1 Å². The quantitative estimate of drug-likeness (QED) is 0.627. The van der Waals surface area contributed by atoms with Crippen molar-refractivity contribution < 1.29 is 14.5 Å². The minimum atomic E-state index is -0.150. The first-order valence-corrected chi connectivity index (χ1v) is 9.53. The minimum absolute atomic E-state index is 0.103. The molecule has 0 aliphatic heterocycles. The third-order valence-corrected chi connectivity index (χ3v) is 4.68. The number of hydrogen-bond acceptors (Lipinski definition) is 2. The summed E-state index contributed by atoms with van der Waals surface area (Å²) in [6, 6.07) is 12.7. The van der Waals surface area contributed by atoms with Crippen LogP contribution in [0.4, 0.5) is 5.69 Å². The Balaban J connectivity index is 1.83. The highest BCUT2D eigenvalue weighted by Crippen LogP contribution is 2.19. The number of nitrogens with one attached hydrogen (secondary N) is 3. The predicted molar refractivity (Wildman–Crippen MR) is 109 cm³/mol. The number of likely N-dealkylation sites (N-methyl/N-ethyl adjacent to an activating group) is 1. The zero-order chi connectivity index (χ0) is 19.8. The second-order valence-electron chi connectivity index (χ2n) is 6.37. The van der Waals surface area contributed by atoms with Gasteiger partial charge in [0.2, 0.25) is 0 Å². The maximum Gasteiger partial charge on any atom is 0.279 e. The number of rotatable bonds is 8. The predicted octanol–water partition coefficient (Wildman–Crippen LogP) is 2.46. The summed E-state index contributed by atoms with van der Waals surface area (Å²) >= 11 is 11.8. The SMILES string of the molecule is CC[NH+](CC(=O)NCc1ccc(Cl)cc1)CC(=O)Nc1cc(Cl)ccc1C. The summed E-state index contributed by atoms with van der Waals surface area (Å²) in [5, 5.41) is 6.96. The Kier molecular flexibility index (Phi) is 8.10. The lowest BCUT2D eigenvalue weighted by Gasteiger charge is -2.17. The van der Waals surface area contributed by atoms with Crippen LogP contribution in [0.25, 0.3) is 0 Å². The maximum atomic E-state index is 12.3. The molecule has 1 unspecified atom stereocenters. The van der Waals surface area contributed by atoms with E-state index in [2.05, 4.69) is 10.6 Å². The summed E-state index contributed by atoms with van der Waals surface area (Å²) in [7, 11) is 0. The van der Waals surface area contributed by atoms with Gasteiger partial charge in [0, 0.05) is 22.3 Å². The number of hydrogen-bond donors (Lipinski definition) is 3. The third-order valence-electron chi connectivity index (χ3n) is 4.20. The Morgan fingerprint density at radius 1 is 0.963 bits per heavy atom. The monoisotopic (exact) mass is 408 g/mol. The van der Waals surface area contributed by atoms with E-state index in [0.29, 0.717) is 28.8 Å². The molecular weight excluding hydrogens is 385 g/mol. The third kappa shape index (κ3) is 7.21. The van der Waals surface area contributed by atoms with E-state index in [1.807, 2.05) is 32.0 Å². The van der Waals surface area contributed by atoms with Crippen LogP contribution in [0.1, 0.15) is 18.1 Å². The number of quaternary nitrogens is 1. The molecule has 5 nitrogen and oxygen atoms in total. The zero-order valence-corrected chi connectivity index (χ0v) is 17.0. The number of carbonyl (C=O) groups is 2. The summed E-state index contributed by atoms with van der Waals surface area (Å²) in [6.45, 7) is 5.38. The van der Waals surface area contributed by atoms with Crippen LogP contribution in [0.5, 0.6) is 0 Å². The molecule has 0 spiro atoms. The normalized spacial score (nSPS) is 11.7. The van der Waals surface area contributed by atoms with Gasteiger partial charge < -0.3 is 15.5 Å². The average Bonchev–Trinajstić information content (AvgIpc) is 2.63. The Bertz CT molecular complexity index is 794. The van der Waals surface area contributed by atoms with Gasteiger partial charge in [0.05, 0.1) is 6.54 Å². The van der Waals surface area contributed by atoms with Crippen LogP contribution < -0.4 is 15.5 Å². The fourth-order valence-electron chi connectivity index (χ4n) is 2.56.